The van der Waals surface area contributed by atoms with Crippen LogP contribution in [0.15, 0.2) is 104 Å². The summed E-state index contributed by atoms with van der Waals surface area (Å²) in [7, 11) is 3.16. The van der Waals surface area contributed by atoms with Crippen molar-refractivity contribution in [1.29, 1.82) is 0 Å². The Morgan fingerprint density at radius 3 is 1.30 bits per heavy atom. The minimum Gasteiger partial charge on any atom is -0.496 e. The Bertz CT molecular complexity index is 3820. The van der Waals surface area contributed by atoms with E-state index in [2.05, 4.69) is 30.9 Å². The van der Waals surface area contributed by atoms with Gasteiger partial charge in [0, 0.05) is 50.2 Å². The van der Waals surface area contributed by atoms with Gasteiger partial charge < -0.3 is 48.1 Å². The minimum atomic E-state index is -0.491. The Labute approximate surface area is 484 Å². The molecule has 0 aliphatic carbocycles. The van der Waals surface area contributed by atoms with Gasteiger partial charge in [0.25, 0.3) is 0 Å². The third-order valence-corrected chi connectivity index (χ3v) is 14.7. The zero-order chi connectivity index (χ0) is 59.0. The molecule has 2 atom stereocenters. The summed E-state index contributed by atoms with van der Waals surface area (Å²) in [5.74, 6) is 1.61. The lowest BCUT2D eigenvalue weighted by atomic mass is 10.00. The summed E-state index contributed by atoms with van der Waals surface area (Å²) in [6.07, 6.45) is 6.58. The summed E-state index contributed by atoms with van der Waals surface area (Å²) in [4.78, 5) is 74.1. The number of carbonyl (C=O) groups excluding carboxylic acids is 2. The van der Waals surface area contributed by atoms with Gasteiger partial charge in [0.2, 0.25) is 11.8 Å². The van der Waals surface area contributed by atoms with E-state index in [-0.39, 0.29) is 54.1 Å². The van der Waals surface area contributed by atoms with E-state index in [1.807, 2.05) is 102 Å². The van der Waals surface area contributed by atoms with Crippen molar-refractivity contribution >= 4 is 55.7 Å². The standard InChI is InChI=1S/C60H66N12O12.2H2/c1-35-55(39(5)83-67-35)43-27-47-41(29-51(43)77-7)57-49(31-65-47)69(59(75)71(57)37(3)45-13-9-11-15-61-45)33-53(73)63-17-19-79-21-23-81-25-26-82-24-22-80-20-18-64-54(74)34-70-50-32-66-48-28-44(56-36(2)68-84-40(56)6)52(78-8)30-42(48)58(50)72(60(70)76)38(4)46-14-10-12-16-62-46;;/h9-16,27-32,37-38H,17-26,33-34H2,1-8H3,(H,63,73)(H,64,74);2*1H/t37-,38-;;/m1../s1. The molecule has 24 nitrogen and oxygen atoms in total. The van der Waals surface area contributed by atoms with Gasteiger partial charge in [-0.1, -0.05) is 22.4 Å². The van der Waals surface area contributed by atoms with Gasteiger partial charge in [0.05, 0.1) is 159 Å². The van der Waals surface area contributed by atoms with E-state index in [4.69, 9.17) is 47.4 Å². The molecule has 0 aliphatic rings. The average Bonchev–Trinajstić information content (AvgIpc) is 1.63. The van der Waals surface area contributed by atoms with Gasteiger partial charge >= 0.3 is 11.4 Å². The Morgan fingerprint density at radius 1 is 0.560 bits per heavy atom. The molecule has 442 valence electrons. The lowest BCUT2D eigenvalue weighted by molar-refractivity contribution is -0.122. The van der Waals surface area contributed by atoms with Crippen molar-refractivity contribution in [3.63, 3.8) is 0 Å². The molecule has 8 heterocycles. The largest absolute Gasteiger partial charge is 0.496 e. The Balaban J connectivity index is 0.00000480. The zero-order valence-electron chi connectivity index (χ0n) is 48.1. The number of fused-ring (bicyclic) bond motifs is 6. The highest BCUT2D eigenvalue weighted by atomic mass is 16.6. The molecule has 0 unspecified atom stereocenters. The number of nitrogens with zero attached hydrogens (tertiary/aromatic N) is 10. The second kappa shape index (κ2) is 26.0. The van der Waals surface area contributed by atoms with Crippen molar-refractivity contribution in [3.8, 4) is 33.8 Å². The van der Waals surface area contributed by atoms with Crippen LogP contribution in [0.3, 0.4) is 0 Å². The maximum Gasteiger partial charge on any atom is 0.330 e. The molecule has 8 aromatic heterocycles. The monoisotopic (exact) mass is 1150 g/mol. The summed E-state index contributed by atoms with van der Waals surface area (Å²) in [6, 6.07) is 17.6. The van der Waals surface area contributed by atoms with Gasteiger partial charge in [-0.25, -0.2) is 9.59 Å². The first-order valence-corrected chi connectivity index (χ1v) is 27.5. The molecule has 2 N–H and O–H groups in total. The molecule has 10 rings (SSSR count). The fourth-order valence-electron chi connectivity index (χ4n) is 10.6. The van der Waals surface area contributed by atoms with Gasteiger partial charge in [-0.2, -0.15) is 0 Å². The van der Waals surface area contributed by atoms with Crippen molar-refractivity contribution in [3.05, 3.63) is 141 Å². The van der Waals surface area contributed by atoms with Crippen LogP contribution in [-0.2, 0) is 41.6 Å². The highest BCUT2D eigenvalue weighted by Crippen LogP contribution is 2.41. The molecule has 0 bridgehead atoms. The minimum absolute atomic E-state index is 0. The maximum absolute atomic E-state index is 14.4. The van der Waals surface area contributed by atoms with Crippen LogP contribution < -0.4 is 31.5 Å². The number of amides is 2. The number of aryl methyl sites for hydroxylation is 4. The van der Waals surface area contributed by atoms with Crippen molar-refractivity contribution in [2.24, 2.45) is 0 Å². The predicted molar refractivity (Wildman–Crippen MR) is 316 cm³/mol. The van der Waals surface area contributed by atoms with Gasteiger partial charge in [-0.15, -0.1) is 0 Å². The molecular formula is C60H70N12O12. The van der Waals surface area contributed by atoms with Crippen LogP contribution in [0.2, 0.25) is 0 Å². The van der Waals surface area contributed by atoms with Crippen molar-refractivity contribution < 1.29 is 49.9 Å². The number of hydrogen-bond acceptors (Lipinski definition) is 18. The molecule has 10 aromatic rings. The molecule has 84 heavy (non-hydrogen) atoms. The molecule has 0 saturated carbocycles. The lowest BCUT2D eigenvalue weighted by Gasteiger charge is -2.15. The maximum atomic E-state index is 14.4. The van der Waals surface area contributed by atoms with Gasteiger partial charge in [0.15, 0.2) is 0 Å². The fraction of sp³-hybridized carbons (Fsp3) is 0.367. The number of pyridine rings is 4. The third kappa shape index (κ3) is 11.9. The number of aromatic nitrogens is 10. The lowest BCUT2D eigenvalue weighted by Crippen LogP contribution is -2.35. The third-order valence-electron chi connectivity index (χ3n) is 14.7. The first-order valence-electron chi connectivity index (χ1n) is 27.5. The average molecular weight is 1150 g/mol. The van der Waals surface area contributed by atoms with E-state index < -0.39 is 23.5 Å². The van der Waals surface area contributed by atoms with Crippen molar-refractivity contribution in [2.45, 2.75) is 66.7 Å². The molecule has 24 heteroatoms. The van der Waals surface area contributed by atoms with Crippen molar-refractivity contribution in [1.82, 2.24) is 59.2 Å². The second-order valence-corrected chi connectivity index (χ2v) is 20.0. The van der Waals surface area contributed by atoms with Gasteiger partial charge in [-0.3, -0.25) is 47.8 Å². The second-order valence-electron chi connectivity index (χ2n) is 20.0. The van der Waals surface area contributed by atoms with E-state index in [0.29, 0.717) is 129 Å². The smallest absolute Gasteiger partial charge is 0.330 e. The Kier molecular flexibility index (Phi) is 18.0. The summed E-state index contributed by atoms with van der Waals surface area (Å²) in [6.45, 7) is 13.4. The molecular weight excluding hydrogens is 1080 g/mol. The summed E-state index contributed by atoms with van der Waals surface area (Å²) < 4.78 is 51.5. The van der Waals surface area contributed by atoms with Crippen LogP contribution in [0.4, 0.5) is 0 Å². The van der Waals surface area contributed by atoms with Crippen LogP contribution in [0, 0.1) is 27.7 Å². The van der Waals surface area contributed by atoms with E-state index in [9.17, 15) is 19.2 Å². The molecule has 2 amide bonds. The molecule has 0 saturated heterocycles. The van der Waals surface area contributed by atoms with Crippen molar-refractivity contribution in [2.75, 3.05) is 80.2 Å². The number of carbonyl (C=O) groups is 2. The van der Waals surface area contributed by atoms with Gasteiger partial charge in [0.1, 0.15) is 36.1 Å². The number of imidazole rings is 2. The van der Waals surface area contributed by atoms with E-state index >= 15 is 0 Å². The van der Waals surface area contributed by atoms with E-state index in [0.717, 1.165) is 22.3 Å². The van der Waals surface area contributed by atoms with Gasteiger partial charge in [-0.05, 0) is 90.1 Å². The van der Waals surface area contributed by atoms with Crippen LogP contribution in [0.5, 0.6) is 11.5 Å². The summed E-state index contributed by atoms with van der Waals surface area (Å²) in [5.41, 5.74) is 8.44. The SMILES string of the molecule is COc1cc2c(cc1-c1c(C)noc1C)ncc1c2n([C@H](C)c2ccccn2)c(=O)n1CC(=O)NCCOCCOCCOCCOCCNC(=O)Cn1c(=O)n([C@H](C)c2ccccn2)c2c3cc(OC)c(-c4c(C)noc4C)cc3ncc21.[HH].[HH]. The molecule has 0 fully saturated rings. The fourth-order valence-corrected chi connectivity index (χ4v) is 10.6. The van der Waals surface area contributed by atoms with Crippen LogP contribution in [-0.4, -0.2) is 140 Å². The zero-order valence-corrected chi connectivity index (χ0v) is 48.1. The number of benzene rings is 2. The predicted octanol–water partition coefficient (Wildman–Crippen LogP) is 7.08. The Hall–Kier alpha value is -9.10. The highest BCUT2D eigenvalue weighted by Gasteiger charge is 2.28. The van der Waals surface area contributed by atoms with Crippen LogP contribution in [0.25, 0.3) is 66.1 Å². The topological polar surface area (TPSA) is 271 Å². The summed E-state index contributed by atoms with van der Waals surface area (Å²) >= 11 is 0. The normalized spacial score (nSPS) is 12.4. The Morgan fingerprint density at radius 2 is 0.952 bits per heavy atom. The van der Waals surface area contributed by atoms with E-state index in [1.165, 1.54) is 9.13 Å². The molecule has 2 aromatic carbocycles. The highest BCUT2D eigenvalue weighted by molar-refractivity contribution is 6.06. The number of rotatable bonds is 27. The molecule has 0 spiro atoms. The number of nitrogens with one attached hydrogen (secondary N) is 2. The van der Waals surface area contributed by atoms with Crippen LogP contribution >= 0.6 is 0 Å². The first kappa shape index (κ1) is 58.1. The number of hydrogen-bond donors (Lipinski definition) is 2. The quantitative estimate of drug-likeness (QED) is 0.0487. The molecule has 0 radical (unpaired) electrons. The summed E-state index contributed by atoms with van der Waals surface area (Å²) in [5, 5.41) is 15.3. The number of methoxy groups -OCH3 is 2. The van der Waals surface area contributed by atoms with E-state index in [1.54, 1.807) is 48.1 Å². The first-order chi connectivity index (χ1) is 40.8. The number of ether oxygens (including phenoxy) is 6. The van der Waals surface area contributed by atoms with Crippen LogP contribution in [0.1, 0.15) is 63.1 Å². The molecule has 0 aliphatic heterocycles.